The van der Waals surface area contributed by atoms with Crippen molar-refractivity contribution in [2.75, 3.05) is 25.0 Å². The molecule has 1 unspecified atom stereocenters. The van der Waals surface area contributed by atoms with E-state index in [0.29, 0.717) is 25.5 Å². The van der Waals surface area contributed by atoms with Crippen LogP contribution in [0.2, 0.25) is 0 Å². The van der Waals surface area contributed by atoms with Crippen LogP contribution in [0.1, 0.15) is 30.4 Å². The van der Waals surface area contributed by atoms with Crippen molar-refractivity contribution in [2.45, 2.75) is 32.0 Å². The Morgan fingerprint density at radius 1 is 1.25 bits per heavy atom. The van der Waals surface area contributed by atoms with Crippen LogP contribution >= 0.6 is 24.0 Å². The van der Waals surface area contributed by atoms with Crippen molar-refractivity contribution in [1.29, 1.82) is 0 Å². The van der Waals surface area contributed by atoms with Gasteiger partial charge in [-0.1, -0.05) is 24.3 Å². The number of nitrogens with one attached hydrogen (secondary N) is 3. The van der Waals surface area contributed by atoms with Crippen molar-refractivity contribution in [1.82, 2.24) is 15.6 Å². The topological polar surface area (TPSA) is 87.6 Å². The Morgan fingerprint density at radius 3 is 2.72 bits per heavy atom. The molecule has 0 bridgehead atoms. The zero-order valence-electron chi connectivity index (χ0n) is 17.4. The molecule has 1 amide bonds. The number of fused-ring (bicyclic) bond motifs is 1. The molecule has 1 aliphatic rings. The molecule has 1 atom stereocenters. The van der Waals surface area contributed by atoms with Crippen LogP contribution in [-0.4, -0.2) is 42.7 Å². The van der Waals surface area contributed by atoms with Gasteiger partial charge in [0.2, 0.25) is 11.8 Å². The summed E-state index contributed by atoms with van der Waals surface area (Å²) in [5.74, 6) is 0.472. The number of hydrogen-bond acceptors (Lipinski definition) is 4. The van der Waals surface area contributed by atoms with Crippen LogP contribution in [0.4, 0.5) is 18.9 Å². The highest BCUT2D eigenvalue weighted by atomic mass is 127. The number of ether oxygens (including phenoxy) is 1. The monoisotopic (exact) mass is 563 g/mol. The first-order valence-corrected chi connectivity index (χ1v) is 9.89. The lowest BCUT2D eigenvalue weighted by Gasteiger charge is -2.26. The second kappa shape index (κ2) is 11.9. The number of hydrogen-bond donors (Lipinski definition) is 3. The van der Waals surface area contributed by atoms with Gasteiger partial charge in [0, 0.05) is 43.4 Å². The van der Waals surface area contributed by atoms with E-state index in [1.165, 1.54) is 12.3 Å². The summed E-state index contributed by atoms with van der Waals surface area (Å²) in [5.41, 5.74) is 2.62. The van der Waals surface area contributed by atoms with Crippen LogP contribution in [0.3, 0.4) is 0 Å². The van der Waals surface area contributed by atoms with Crippen LogP contribution in [-0.2, 0) is 11.3 Å². The molecule has 3 rings (SSSR count). The van der Waals surface area contributed by atoms with Crippen LogP contribution in [0.25, 0.3) is 0 Å². The number of halogens is 4. The van der Waals surface area contributed by atoms with Gasteiger partial charge in [0.15, 0.2) is 12.6 Å². The second-order valence-corrected chi connectivity index (χ2v) is 7.02. The van der Waals surface area contributed by atoms with Gasteiger partial charge in [-0.05, 0) is 24.1 Å². The lowest BCUT2D eigenvalue weighted by molar-refractivity contribution is -0.154. The SMILES string of the molecule is CCNC(=NCc1ccc(OCC(F)(F)F)nc1)NCC1CC(=O)Nc2ccccc21.I. The number of amides is 1. The zero-order chi connectivity index (χ0) is 22.3. The molecule has 7 nitrogen and oxygen atoms in total. The first-order valence-electron chi connectivity index (χ1n) is 9.89. The minimum atomic E-state index is -4.41. The van der Waals surface area contributed by atoms with E-state index in [2.05, 4.69) is 30.7 Å². The maximum atomic E-state index is 12.2. The molecule has 0 saturated carbocycles. The second-order valence-electron chi connectivity index (χ2n) is 7.02. The Labute approximate surface area is 201 Å². The van der Waals surface area contributed by atoms with Crippen LogP contribution in [0.15, 0.2) is 47.6 Å². The van der Waals surface area contributed by atoms with Crippen LogP contribution < -0.4 is 20.7 Å². The van der Waals surface area contributed by atoms with E-state index in [1.807, 2.05) is 31.2 Å². The van der Waals surface area contributed by atoms with Crippen molar-refractivity contribution >= 4 is 41.5 Å². The van der Waals surface area contributed by atoms with Crippen LogP contribution in [0, 0.1) is 0 Å². The third-order valence-electron chi connectivity index (χ3n) is 4.57. The number of carbonyl (C=O) groups excluding carboxylic acids is 1. The highest BCUT2D eigenvalue weighted by Gasteiger charge is 2.28. The maximum Gasteiger partial charge on any atom is 0.422 e. The summed E-state index contributed by atoms with van der Waals surface area (Å²) >= 11 is 0. The number of guanidine groups is 1. The first kappa shape index (κ1) is 25.7. The molecule has 1 aromatic heterocycles. The van der Waals surface area contributed by atoms with Gasteiger partial charge in [0.1, 0.15) is 0 Å². The molecule has 174 valence electrons. The lowest BCUT2D eigenvalue weighted by Crippen LogP contribution is -2.40. The molecule has 0 fully saturated rings. The summed E-state index contributed by atoms with van der Waals surface area (Å²) in [7, 11) is 0. The molecular formula is C21H25F3IN5O2. The third-order valence-corrected chi connectivity index (χ3v) is 4.57. The molecule has 2 aromatic rings. The molecular weight excluding hydrogens is 538 g/mol. The van der Waals surface area contributed by atoms with Gasteiger partial charge in [-0.2, -0.15) is 13.2 Å². The van der Waals surface area contributed by atoms with Gasteiger partial charge in [0.25, 0.3) is 0 Å². The molecule has 0 saturated heterocycles. The van der Waals surface area contributed by atoms with Crippen molar-refractivity contribution in [3.05, 3.63) is 53.7 Å². The van der Waals surface area contributed by atoms with Gasteiger partial charge < -0.3 is 20.7 Å². The van der Waals surface area contributed by atoms with Crippen molar-refractivity contribution < 1.29 is 22.7 Å². The number of nitrogens with zero attached hydrogens (tertiary/aromatic N) is 2. The first-order chi connectivity index (χ1) is 14.8. The third kappa shape index (κ3) is 7.84. The van der Waals surface area contributed by atoms with E-state index in [9.17, 15) is 18.0 Å². The number of alkyl halides is 3. The Balaban J connectivity index is 0.00000363. The predicted octanol–water partition coefficient (Wildman–Crippen LogP) is 3.82. The summed E-state index contributed by atoms with van der Waals surface area (Å²) < 4.78 is 41.2. The summed E-state index contributed by atoms with van der Waals surface area (Å²) in [6.07, 6.45) is -2.59. The fraction of sp³-hybridized carbons (Fsp3) is 0.381. The minimum absolute atomic E-state index is 0. The minimum Gasteiger partial charge on any atom is -0.468 e. The standard InChI is InChI=1S/C21H24F3N5O2.HI/c1-2-25-20(27-11-14-7-8-19(26-10-14)31-13-21(22,23)24)28-12-15-9-18(30)29-17-6-4-3-5-16(15)17;/h3-8,10,15H,2,9,11-13H2,1H3,(H,29,30)(H2,25,27,28);1H. The molecule has 0 aliphatic carbocycles. The Hall–Kier alpha value is -2.57. The number of carbonyl (C=O) groups is 1. The average Bonchev–Trinajstić information content (AvgIpc) is 2.74. The van der Waals surface area contributed by atoms with Gasteiger partial charge in [-0.25, -0.2) is 9.98 Å². The summed E-state index contributed by atoms with van der Waals surface area (Å²) in [5, 5.41) is 9.28. The van der Waals surface area contributed by atoms with Crippen molar-refractivity contribution in [2.24, 2.45) is 4.99 Å². The van der Waals surface area contributed by atoms with Gasteiger partial charge in [-0.3, -0.25) is 4.79 Å². The molecule has 0 spiro atoms. The quantitative estimate of drug-likeness (QED) is 0.271. The van der Waals surface area contributed by atoms with E-state index >= 15 is 0 Å². The maximum absolute atomic E-state index is 12.2. The highest BCUT2D eigenvalue weighted by molar-refractivity contribution is 14.0. The zero-order valence-corrected chi connectivity index (χ0v) is 19.7. The predicted molar refractivity (Wildman–Crippen MR) is 126 cm³/mol. The Morgan fingerprint density at radius 2 is 2.03 bits per heavy atom. The molecule has 1 aromatic carbocycles. The van der Waals surface area contributed by atoms with Crippen molar-refractivity contribution in [3.63, 3.8) is 0 Å². The smallest absolute Gasteiger partial charge is 0.422 e. The van der Waals surface area contributed by atoms with E-state index in [0.717, 1.165) is 16.8 Å². The summed E-state index contributed by atoms with van der Waals surface area (Å²) in [6, 6.07) is 10.7. The van der Waals surface area contributed by atoms with E-state index in [1.54, 1.807) is 6.07 Å². The van der Waals surface area contributed by atoms with E-state index in [4.69, 9.17) is 0 Å². The number of benzene rings is 1. The van der Waals surface area contributed by atoms with Crippen LogP contribution in [0.5, 0.6) is 5.88 Å². The summed E-state index contributed by atoms with van der Waals surface area (Å²) in [6.45, 7) is 2.02. The average molecular weight is 563 g/mol. The molecule has 0 radical (unpaired) electrons. The van der Waals surface area contributed by atoms with E-state index in [-0.39, 0.29) is 48.2 Å². The molecule has 3 N–H and O–H groups in total. The summed E-state index contributed by atoms with van der Waals surface area (Å²) in [4.78, 5) is 20.4. The number of para-hydroxylation sites is 1. The lowest BCUT2D eigenvalue weighted by atomic mass is 9.90. The number of aromatic nitrogens is 1. The number of rotatable bonds is 7. The number of aliphatic imine (C=N–C) groups is 1. The van der Waals surface area contributed by atoms with Gasteiger partial charge in [-0.15, -0.1) is 24.0 Å². The van der Waals surface area contributed by atoms with Crippen molar-refractivity contribution in [3.8, 4) is 5.88 Å². The molecule has 11 heteroatoms. The normalized spacial score (nSPS) is 15.8. The molecule has 2 heterocycles. The molecule has 32 heavy (non-hydrogen) atoms. The van der Waals surface area contributed by atoms with Gasteiger partial charge in [0.05, 0.1) is 6.54 Å². The number of pyridine rings is 1. The molecule has 1 aliphatic heterocycles. The fourth-order valence-electron chi connectivity index (χ4n) is 3.16. The van der Waals surface area contributed by atoms with E-state index < -0.39 is 12.8 Å². The Kier molecular flexibility index (Phi) is 9.54. The highest BCUT2D eigenvalue weighted by Crippen LogP contribution is 2.31. The fourth-order valence-corrected chi connectivity index (χ4v) is 3.16. The van der Waals surface area contributed by atoms with Gasteiger partial charge >= 0.3 is 6.18 Å². The largest absolute Gasteiger partial charge is 0.468 e. The Bertz CT molecular complexity index is 922. The number of anilines is 1.